The second-order valence-corrected chi connectivity index (χ2v) is 6.80. The van der Waals surface area contributed by atoms with Crippen LogP contribution in [0, 0.1) is 0 Å². The van der Waals surface area contributed by atoms with Gasteiger partial charge in [-0.05, 0) is 69.5 Å². The molecular formula is C19H29N3O. The average molecular weight is 315 g/mol. The Bertz CT molecular complexity index is 488. The molecule has 2 heterocycles. The number of rotatable bonds is 5. The minimum Gasteiger partial charge on any atom is -0.372 e. The van der Waals surface area contributed by atoms with Crippen molar-refractivity contribution in [2.75, 3.05) is 42.9 Å². The van der Waals surface area contributed by atoms with E-state index in [1.165, 1.54) is 44.2 Å². The van der Waals surface area contributed by atoms with Gasteiger partial charge in [-0.1, -0.05) is 6.42 Å². The van der Waals surface area contributed by atoms with Crippen LogP contribution in [0.1, 0.15) is 44.9 Å². The van der Waals surface area contributed by atoms with Crippen LogP contribution in [-0.4, -0.2) is 43.5 Å². The Morgan fingerprint density at radius 2 is 1.48 bits per heavy atom. The van der Waals surface area contributed by atoms with Crippen LogP contribution >= 0.6 is 0 Å². The van der Waals surface area contributed by atoms with E-state index in [9.17, 15) is 4.79 Å². The standard InChI is InChI=1S/C19H29N3O/c23-19(11-16-21-12-3-1-4-13-21)20-17-7-9-18(10-8-17)22-14-5-2-6-15-22/h7-10H,1-6,11-16H2,(H,20,23). The summed E-state index contributed by atoms with van der Waals surface area (Å²) in [6.07, 6.45) is 8.41. The number of amides is 1. The highest BCUT2D eigenvalue weighted by Crippen LogP contribution is 2.21. The molecule has 0 aliphatic carbocycles. The lowest BCUT2D eigenvalue weighted by Gasteiger charge is -2.29. The molecule has 126 valence electrons. The first-order chi connectivity index (χ1) is 11.3. The number of piperidine rings is 2. The lowest BCUT2D eigenvalue weighted by Crippen LogP contribution is -2.32. The van der Waals surface area contributed by atoms with Crippen molar-refractivity contribution in [2.24, 2.45) is 0 Å². The second kappa shape index (κ2) is 8.34. The molecule has 4 nitrogen and oxygen atoms in total. The minimum absolute atomic E-state index is 0.126. The van der Waals surface area contributed by atoms with Gasteiger partial charge in [-0.25, -0.2) is 0 Å². The van der Waals surface area contributed by atoms with E-state index in [1.807, 2.05) is 12.1 Å². The molecule has 4 heteroatoms. The molecule has 0 aromatic heterocycles. The molecule has 0 bridgehead atoms. The van der Waals surface area contributed by atoms with Crippen LogP contribution in [0.4, 0.5) is 11.4 Å². The summed E-state index contributed by atoms with van der Waals surface area (Å²) in [7, 11) is 0. The number of anilines is 2. The van der Waals surface area contributed by atoms with Crippen molar-refractivity contribution in [2.45, 2.75) is 44.9 Å². The Morgan fingerprint density at radius 1 is 0.870 bits per heavy atom. The number of carbonyl (C=O) groups is 1. The number of hydrogen-bond donors (Lipinski definition) is 1. The monoisotopic (exact) mass is 315 g/mol. The maximum absolute atomic E-state index is 12.1. The molecule has 2 saturated heterocycles. The van der Waals surface area contributed by atoms with Gasteiger partial charge >= 0.3 is 0 Å². The normalized spacial score (nSPS) is 19.6. The van der Waals surface area contributed by atoms with Crippen molar-refractivity contribution in [1.29, 1.82) is 0 Å². The largest absolute Gasteiger partial charge is 0.372 e. The van der Waals surface area contributed by atoms with Crippen LogP contribution in [0.25, 0.3) is 0 Å². The lowest BCUT2D eigenvalue weighted by molar-refractivity contribution is -0.116. The van der Waals surface area contributed by atoms with E-state index in [0.717, 1.165) is 38.4 Å². The molecule has 1 aromatic rings. The Balaban J connectivity index is 1.44. The third kappa shape index (κ3) is 4.96. The van der Waals surface area contributed by atoms with Gasteiger partial charge < -0.3 is 15.1 Å². The van der Waals surface area contributed by atoms with Crippen LogP contribution in [0.2, 0.25) is 0 Å². The van der Waals surface area contributed by atoms with Gasteiger partial charge in [0.05, 0.1) is 0 Å². The van der Waals surface area contributed by atoms with E-state index >= 15 is 0 Å². The number of nitrogens with one attached hydrogen (secondary N) is 1. The van der Waals surface area contributed by atoms with Gasteiger partial charge in [-0.15, -0.1) is 0 Å². The highest BCUT2D eigenvalue weighted by Gasteiger charge is 2.13. The van der Waals surface area contributed by atoms with Crippen molar-refractivity contribution < 1.29 is 4.79 Å². The summed E-state index contributed by atoms with van der Waals surface area (Å²) in [4.78, 5) is 16.9. The Morgan fingerprint density at radius 3 is 2.13 bits per heavy atom. The second-order valence-electron chi connectivity index (χ2n) is 6.80. The maximum Gasteiger partial charge on any atom is 0.225 e. The van der Waals surface area contributed by atoms with Gasteiger partial charge in [0.2, 0.25) is 5.91 Å². The molecule has 2 aliphatic heterocycles. The first-order valence-electron chi connectivity index (χ1n) is 9.18. The smallest absolute Gasteiger partial charge is 0.225 e. The zero-order valence-electron chi connectivity index (χ0n) is 14.1. The maximum atomic E-state index is 12.1. The summed E-state index contributed by atoms with van der Waals surface area (Å²) in [5.74, 6) is 0.126. The molecule has 0 unspecified atom stereocenters. The number of nitrogens with zero attached hydrogens (tertiary/aromatic N) is 2. The predicted molar refractivity (Wildman–Crippen MR) is 96.0 cm³/mol. The number of likely N-dealkylation sites (tertiary alicyclic amines) is 1. The lowest BCUT2D eigenvalue weighted by atomic mass is 10.1. The third-order valence-electron chi connectivity index (χ3n) is 4.98. The Hall–Kier alpha value is -1.55. The molecule has 23 heavy (non-hydrogen) atoms. The summed E-state index contributed by atoms with van der Waals surface area (Å²) in [6.45, 7) is 5.50. The number of carbonyl (C=O) groups excluding carboxylic acids is 1. The van der Waals surface area contributed by atoms with Gasteiger partial charge in [0.1, 0.15) is 0 Å². The van der Waals surface area contributed by atoms with E-state index in [1.54, 1.807) is 0 Å². The van der Waals surface area contributed by atoms with Crippen molar-refractivity contribution >= 4 is 17.3 Å². The van der Waals surface area contributed by atoms with Gasteiger partial charge in [0.25, 0.3) is 0 Å². The molecule has 0 spiro atoms. The fraction of sp³-hybridized carbons (Fsp3) is 0.632. The fourth-order valence-corrected chi connectivity index (χ4v) is 3.57. The van der Waals surface area contributed by atoms with Crippen molar-refractivity contribution in [1.82, 2.24) is 4.90 Å². The van der Waals surface area contributed by atoms with Crippen LogP contribution in [-0.2, 0) is 4.79 Å². The van der Waals surface area contributed by atoms with E-state index in [4.69, 9.17) is 0 Å². The molecular weight excluding hydrogens is 286 g/mol. The van der Waals surface area contributed by atoms with Crippen LogP contribution < -0.4 is 10.2 Å². The molecule has 3 rings (SSSR count). The third-order valence-corrected chi connectivity index (χ3v) is 4.98. The van der Waals surface area contributed by atoms with Gasteiger partial charge in [-0.2, -0.15) is 0 Å². The van der Waals surface area contributed by atoms with Crippen molar-refractivity contribution in [3.8, 4) is 0 Å². The van der Waals surface area contributed by atoms with Gasteiger partial charge in [0, 0.05) is 37.4 Å². The Kier molecular flexibility index (Phi) is 5.92. The SMILES string of the molecule is O=C(CCN1CCCCC1)Nc1ccc(N2CCCCC2)cc1. The highest BCUT2D eigenvalue weighted by molar-refractivity contribution is 5.91. The summed E-state index contributed by atoms with van der Waals surface area (Å²) in [6, 6.07) is 8.32. The van der Waals surface area contributed by atoms with Crippen LogP contribution in [0.3, 0.4) is 0 Å². The van der Waals surface area contributed by atoms with Crippen LogP contribution in [0.5, 0.6) is 0 Å². The predicted octanol–water partition coefficient (Wildman–Crippen LogP) is 3.49. The van der Waals surface area contributed by atoms with Crippen molar-refractivity contribution in [3.05, 3.63) is 24.3 Å². The van der Waals surface area contributed by atoms with Crippen LogP contribution in [0.15, 0.2) is 24.3 Å². The van der Waals surface area contributed by atoms with E-state index < -0.39 is 0 Å². The minimum atomic E-state index is 0.126. The zero-order chi connectivity index (χ0) is 15.9. The number of hydrogen-bond acceptors (Lipinski definition) is 3. The fourth-order valence-electron chi connectivity index (χ4n) is 3.57. The topological polar surface area (TPSA) is 35.6 Å². The first kappa shape index (κ1) is 16.3. The molecule has 0 saturated carbocycles. The summed E-state index contributed by atoms with van der Waals surface area (Å²) in [5, 5.41) is 3.03. The number of benzene rings is 1. The average Bonchev–Trinajstić information content (AvgIpc) is 2.62. The molecule has 2 aliphatic rings. The summed E-state index contributed by atoms with van der Waals surface area (Å²) < 4.78 is 0. The molecule has 0 radical (unpaired) electrons. The van der Waals surface area contributed by atoms with Gasteiger partial charge in [0.15, 0.2) is 0 Å². The molecule has 1 aromatic carbocycles. The molecule has 1 amide bonds. The quantitative estimate of drug-likeness (QED) is 0.903. The van der Waals surface area contributed by atoms with Gasteiger partial charge in [-0.3, -0.25) is 4.79 Å². The Labute approximate surface area is 139 Å². The highest BCUT2D eigenvalue weighted by atomic mass is 16.1. The van der Waals surface area contributed by atoms with E-state index in [2.05, 4.69) is 27.2 Å². The summed E-state index contributed by atoms with van der Waals surface area (Å²) >= 11 is 0. The first-order valence-corrected chi connectivity index (χ1v) is 9.18. The zero-order valence-corrected chi connectivity index (χ0v) is 14.1. The van der Waals surface area contributed by atoms with E-state index in [-0.39, 0.29) is 5.91 Å². The molecule has 1 N–H and O–H groups in total. The molecule has 2 fully saturated rings. The molecule has 0 atom stereocenters. The van der Waals surface area contributed by atoms with Crippen molar-refractivity contribution in [3.63, 3.8) is 0 Å². The van der Waals surface area contributed by atoms with E-state index in [0.29, 0.717) is 6.42 Å². The summed E-state index contributed by atoms with van der Waals surface area (Å²) in [5.41, 5.74) is 2.19.